The van der Waals surface area contributed by atoms with Crippen LogP contribution in [0.1, 0.15) is 20.3 Å². The molecule has 1 aliphatic heterocycles. The highest BCUT2D eigenvalue weighted by molar-refractivity contribution is 5.95. The molecule has 84 valence electrons. The summed E-state index contributed by atoms with van der Waals surface area (Å²) in [5.41, 5.74) is 0.824. The van der Waals surface area contributed by atoms with Gasteiger partial charge in [-0.25, -0.2) is 4.79 Å². The summed E-state index contributed by atoms with van der Waals surface area (Å²) in [5.74, 6) is -0.439. The third-order valence-electron chi connectivity index (χ3n) is 2.40. The van der Waals surface area contributed by atoms with Crippen LogP contribution in [-0.2, 0) is 9.53 Å². The highest BCUT2D eigenvalue weighted by Gasteiger charge is 2.30. The summed E-state index contributed by atoms with van der Waals surface area (Å²) in [6, 6.07) is 0. The van der Waals surface area contributed by atoms with Gasteiger partial charge < -0.3 is 14.9 Å². The number of carbonyl (C=O) groups excluding carboxylic acids is 1. The fraction of sp³-hybridized carbons (Fsp3) is 0.545. The van der Waals surface area contributed by atoms with E-state index in [0.29, 0.717) is 17.6 Å². The van der Waals surface area contributed by atoms with Gasteiger partial charge in [0.1, 0.15) is 12.7 Å². The first-order chi connectivity index (χ1) is 7.11. The molecule has 0 saturated heterocycles. The van der Waals surface area contributed by atoms with Crippen molar-refractivity contribution in [2.75, 3.05) is 6.61 Å². The normalized spacial score (nSPS) is 20.9. The van der Waals surface area contributed by atoms with Gasteiger partial charge in [-0.05, 0) is 13.3 Å². The standard InChI is InChI=1S/C11H16O4/c1-3-5-7-8(6-15-11(7)14)10(13)9(12)4-2/h3,5,9-10,12-13H,4,6H2,1-2H3/t9-,10+/m0/s1. The molecule has 0 aromatic rings. The van der Waals surface area contributed by atoms with Gasteiger partial charge >= 0.3 is 5.97 Å². The number of carbonyl (C=O) groups is 1. The summed E-state index contributed by atoms with van der Waals surface area (Å²) in [4.78, 5) is 11.3. The van der Waals surface area contributed by atoms with Gasteiger partial charge in [0, 0.05) is 5.57 Å². The zero-order chi connectivity index (χ0) is 11.4. The maximum atomic E-state index is 11.3. The minimum Gasteiger partial charge on any atom is -0.457 e. The van der Waals surface area contributed by atoms with Crippen LogP contribution in [0.2, 0.25) is 0 Å². The predicted octanol–water partition coefficient (Wildman–Crippen LogP) is 0.548. The number of allylic oxidation sites excluding steroid dienone is 1. The lowest BCUT2D eigenvalue weighted by Gasteiger charge is -2.16. The lowest BCUT2D eigenvalue weighted by atomic mass is 9.99. The molecule has 2 atom stereocenters. The second-order valence-electron chi connectivity index (χ2n) is 3.44. The monoisotopic (exact) mass is 212 g/mol. The number of hydrogen-bond acceptors (Lipinski definition) is 4. The van der Waals surface area contributed by atoms with Crippen LogP contribution in [0.4, 0.5) is 0 Å². The lowest BCUT2D eigenvalue weighted by Crippen LogP contribution is -2.28. The topological polar surface area (TPSA) is 66.8 Å². The first-order valence-corrected chi connectivity index (χ1v) is 5.00. The maximum absolute atomic E-state index is 11.3. The molecular weight excluding hydrogens is 196 g/mol. The van der Waals surface area contributed by atoms with E-state index < -0.39 is 18.2 Å². The van der Waals surface area contributed by atoms with Crippen LogP contribution in [0, 0.1) is 0 Å². The Labute approximate surface area is 88.9 Å². The zero-order valence-corrected chi connectivity index (χ0v) is 8.93. The Morgan fingerprint density at radius 2 is 2.20 bits per heavy atom. The summed E-state index contributed by atoms with van der Waals surface area (Å²) < 4.78 is 4.81. The Morgan fingerprint density at radius 3 is 2.73 bits per heavy atom. The Hall–Kier alpha value is -1.13. The van der Waals surface area contributed by atoms with E-state index in [1.54, 1.807) is 26.0 Å². The summed E-state index contributed by atoms with van der Waals surface area (Å²) in [7, 11) is 0. The van der Waals surface area contributed by atoms with Crippen molar-refractivity contribution in [1.82, 2.24) is 0 Å². The SMILES string of the molecule is CC=CC1=C([C@@H](O)[C@@H](O)CC)COC1=O. The number of rotatable bonds is 4. The van der Waals surface area contributed by atoms with E-state index in [1.807, 2.05) is 0 Å². The van der Waals surface area contributed by atoms with E-state index in [9.17, 15) is 15.0 Å². The van der Waals surface area contributed by atoms with Crippen LogP contribution in [0.25, 0.3) is 0 Å². The van der Waals surface area contributed by atoms with Crippen LogP contribution in [-0.4, -0.2) is 35.0 Å². The van der Waals surface area contributed by atoms with Gasteiger partial charge in [0.2, 0.25) is 0 Å². The Balaban J connectivity index is 2.95. The average molecular weight is 212 g/mol. The van der Waals surface area contributed by atoms with Crippen LogP contribution in [0.15, 0.2) is 23.3 Å². The Kier molecular flexibility index (Phi) is 4.05. The molecule has 0 amide bonds. The molecule has 0 aromatic heterocycles. The number of aliphatic hydroxyl groups excluding tert-OH is 2. The van der Waals surface area contributed by atoms with Crippen LogP contribution in [0.5, 0.6) is 0 Å². The van der Waals surface area contributed by atoms with E-state index in [-0.39, 0.29) is 6.61 Å². The van der Waals surface area contributed by atoms with Gasteiger partial charge in [0.15, 0.2) is 0 Å². The molecule has 15 heavy (non-hydrogen) atoms. The van der Waals surface area contributed by atoms with Crippen LogP contribution >= 0.6 is 0 Å². The summed E-state index contributed by atoms with van der Waals surface area (Å²) >= 11 is 0. The van der Waals surface area contributed by atoms with Gasteiger partial charge in [0.05, 0.1) is 11.7 Å². The number of esters is 1. The van der Waals surface area contributed by atoms with Gasteiger partial charge in [-0.15, -0.1) is 0 Å². The van der Waals surface area contributed by atoms with E-state index in [1.165, 1.54) is 0 Å². The van der Waals surface area contributed by atoms with Crippen molar-refractivity contribution >= 4 is 5.97 Å². The molecule has 4 heteroatoms. The number of aliphatic hydroxyl groups is 2. The summed E-state index contributed by atoms with van der Waals surface area (Å²) in [5, 5.41) is 19.2. The van der Waals surface area contributed by atoms with E-state index >= 15 is 0 Å². The van der Waals surface area contributed by atoms with Gasteiger partial charge in [-0.2, -0.15) is 0 Å². The van der Waals surface area contributed by atoms with Crippen molar-refractivity contribution in [1.29, 1.82) is 0 Å². The van der Waals surface area contributed by atoms with E-state index in [0.717, 1.165) is 0 Å². The number of hydrogen-bond donors (Lipinski definition) is 2. The van der Waals surface area contributed by atoms with Crippen LogP contribution in [0.3, 0.4) is 0 Å². The van der Waals surface area contributed by atoms with Crippen molar-refractivity contribution in [3.05, 3.63) is 23.3 Å². The van der Waals surface area contributed by atoms with Gasteiger partial charge in [-0.3, -0.25) is 0 Å². The zero-order valence-electron chi connectivity index (χ0n) is 8.93. The predicted molar refractivity (Wildman–Crippen MR) is 55.1 cm³/mol. The molecule has 0 aromatic carbocycles. The molecular formula is C11H16O4. The molecule has 0 saturated carbocycles. The van der Waals surface area contributed by atoms with Crippen molar-refractivity contribution in [3.8, 4) is 0 Å². The molecule has 4 nitrogen and oxygen atoms in total. The number of cyclic esters (lactones) is 1. The van der Waals surface area contributed by atoms with Gasteiger partial charge in [0.25, 0.3) is 0 Å². The maximum Gasteiger partial charge on any atom is 0.338 e. The highest BCUT2D eigenvalue weighted by atomic mass is 16.5. The van der Waals surface area contributed by atoms with Crippen molar-refractivity contribution in [2.24, 2.45) is 0 Å². The molecule has 2 N–H and O–H groups in total. The Bertz CT molecular complexity index is 304. The largest absolute Gasteiger partial charge is 0.457 e. The second-order valence-corrected chi connectivity index (χ2v) is 3.44. The minimum absolute atomic E-state index is 0.0662. The van der Waals surface area contributed by atoms with Gasteiger partial charge in [-0.1, -0.05) is 19.1 Å². The molecule has 0 bridgehead atoms. The fourth-order valence-electron chi connectivity index (χ4n) is 1.47. The minimum atomic E-state index is -1.02. The highest BCUT2D eigenvalue weighted by Crippen LogP contribution is 2.22. The fourth-order valence-corrected chi connectivity index (χ4v) is 1.47. The average Bonchev–Trinajstić information content (AvgIpc) is 2.59. The molecule has 0 unspecified atom stereocenters. The molecule has 1 heterocycles. The van der Waals surface area contributed by atoms with Crippen molar-refractivity contribution in [3.63, 3.8) is 0 Å². The summed E-state index contributed by atoms with van der Waals surface area (Å²) in [6.45, 7) is 3.61. The molecule has 1 aliphatic rings. The van der Waals surface area contributed by atoms with Crippen molar-refractivity contribution < 1.29 is 19.7 Å². The van der Waals surface area contributed by atoms with E-state index in [4.69, 9.17) is 4.74 Å². The smallest absolute Gasteiger partial charge is 0.338 e. The van der Waals surface area contributed by atoms with Crippen molar-refractivity contribution in [2.45, 2.75) is 32.5 Å². The third-order valence-corrected chi connectivity index (χ3v) is 2.40. The third kappa shape index (κ3) is 2.46. The first kappa shape index (κ1) is 11.9. The number of ether oxygens (including phenoxy) is 1. The molecule has 0 fully saturated rings. The summed E-state index contributed by atoms with van der Waals surface area (Å²) in [6.07, 6.45) is 1.85. The molecule has 0 aliphatic carbocycles. The van der Waals surface area contributed by atoms with E-state index in [2.05, 4.69) is 0 Å². The quantitative estimate of drug-likeness (QED) is 0.668. The Morgan fingerprint density at radius 1 is 1.53 bits per heavy atom. The molecule has 1 rings (SSSR count). The lowest BCUT2D eigenvalue weighted by molar-refractivity contribution is -0.135. The first-order valence-electron chi connectivity index (χ1n) is 5.00. The second kappa shape index (κ2) is 5.09. The molecule has 0 radical (unpaired) electrons. The van der Waals surface area contributed by atoms with Crippen LogP contribution < -0.4 is 0 Å². The molecule has 0 spiro atoms.